The Hall–Kier alpha value is -2.69. The number of ether oxygens (including phenoxy) is 2. The molecular weight excluding hydrogens is 406 g/mol. The molecule has 0 saturated carbocycles. The molecule has 1 fully saturated rings. The Bertz CT molecular complexity index is 844. The fourth-order valence-corrected chi connectivity index (χ4v) is 4.06. The lowest BCUT2D eigenvalue weighted by Crippen LogP contribution is -2.61. The summed E-state index contributed by atoms with van der Waals surface area (Å²) in [6.45, 7) is 3.93. The quantitative estimate of drug-likeness (QED) is 0.360. The van der Waals surface area contributed by atoms with E-state index in [9.17, 15) is 24.6 Å². The van der Waals surface area contributed by atoms with Gasteiger partial charge < -0.3 is 30.7 Å². The van der Waals surface area contributed by atoms with Crippen LogP contribution in [0, 0.1) is 5.92 Å². The van der Waals surface area contributed by atoms with Gasteiger partial charge in [0.2, 0.25) is 5.91 Å². The number of nitrogens with two attached hydrogens (primary N) is 1. The molecule has 0 bridgehead atoms. The number of aliphatic hydroxyl groups excluding tert-OH is 1. The van der Waals surface area contributed by atoms with Crippen LogP contribution in [0.2, 0.25) is 0 Å². The van der Waals surface area contributed by atoms with E-state index in [0.717, 1.165) is 0 Å². The largest absolute Gasteiger partial charge is 0.507 e. The van der Waals surface area contributed by atoms with Crippen molar-refractivity contribution in [2.75, 3.05) is 6.73 Å². The molecule has 0 spiro atoms. The number of hydrogen-bond acceptors (Lipinski definition) is 8. The van der Waals surface area contributed by atoms with Crippen molar-refractivity contribution in [2.24, 2.45) is 11.7 Å². The molecule has 2 aliphatic rings. The number of carbonyl (C=O) groups excluding carboxylic acids is 3. The summed E-state index contributed by atoms with van der Waals surface area (Å²) in [6.07, 6.45) is -2.40. The zero-order valence-electron chi connectivity index (χ0n) is 17.5. The van der Waals surface area contributed by atoms with Crippen LogP contribution in [0.15, 0.2) is 18.2 Å². The molecule has 170 valence electrons. The SMILES string of the molecule is CC(C)C[C@H](NC(=O)[C@H]1OCN[C@@H](CC(N)=O)[C@@H]1O)[C@@H]1Cc2cccc(O)c2C(=O)O1. The zero-order chi connectivity index (χ0) is 22.7. The monoisotopic (exact) mass is 435 g/mol. The Kier molecular flexibility index (Phi) is 7.14. The molecule has 0 unspecified atom stereocenters. The predicted octanol–water partition coefficient (Wildman–Crippen LogP) is -0.445. The van der Waals surface area contributed by atoms with Crippen molar-refractivity contribution in [3.8, 4) is 5.75 Å². The first-order valence-corrected chi connectivity index (χ1v) is 10.3. The van der Waals surface area contributed by atoms with Crippen molar-refractivity contribution < 1.29 is 34.1 Å². The van der Waals surface area contributed by atoms with Crippen LogP contribution in [0.1, 0.15) is 42.6 Å². The summed E-state index contributed by atoms with van der Waals surface area (Å²) >= 11 is 0. The highest BCUT2D eigenvalue weighted by molar-refractivity contribution is 5.95. The third-order valence-corrected chi connectivity index (χ3v) is 5.52. The zero-order valence-corrected chi connectivity index (χ0v) is 17.5. The van der Waals surface area contributed by atoms with Crippen LogP contribution in [0.4, 0.5) is 0 Å². The molecule has 0 aliphatic carbocycles. The Morgan fingerprint density at radius 2 is 2.10 bits per heavy atom. The number of aromatic hydroxyl groups is 1. The molecule has 1 aromatic carbocycles. The molecular formula is C21H29N3O7. The Morgan fingerprint density at radius 3 is 2.77 bits per heavy atom. The molecule has 10 nitrogen and oxygen atoms in total. The number of amides is 2. The standard InChI is InChI=1S/C21H29N3O7/c1-10(2)6-12(15-7-11-4-3-5-14(25)17(11)21(29)31-15)24-20(28)19-18(27)13(8-16(22)26)23-9-30-19/h3-5,10,12-13,15,18-19,23,25,27H,6-9H2,1-2H3,(H2,22,26)(H,24,28)/t12-,13-,15-,18-,19-/m0/s1. The molecule has 1 aromatic rings. The normalized spacial score (nSPS) is 26.6. The van der Waals surface area contributed by atoms with Gasteiger partial charge in [0.15, 0.2) is 6.10 Å². The first-order chi connectivity index (χ1) is 14.7. The molecule has 2 heterocycles. The maximum Gasteiger partial charge on any atom is 0.342 e. The Morgan fingerprint density at radius 1 is 1.35 bits per heavy atom. The summed E-state index contributed by atoms with van der Waals surface area (Å²) in [4.78, 5) is 36.6. The van der Waals surface area contributed by atoms with Gasteiger partial charge in [-0.3, -0.25) is 14.9 Å². The minimum atomic E-state index is -1.27. The number of cyclic esters (lactones) is 1. The maximum absolute atomic E-state index is 12.9. The van der Waals surface area contributed by atoms with Crippen molar-refractivity contribution in [1.29, 1.82) is 0 Å². The topological polar surface area (TPSA) is 160 Å². The van der Waals surface area contributed by atoms with E-state index in [1.807, 2.05) is 13.8 Å². The second-order valence-corrected chi connectivity index (χ2v) is 8.41. The van der Waals surface area contributed by atoms with Gasteiger partial charge in [-0.1, -0.05) is 26.0 Å². The van der Waals surface area contributed by atoms with Crippen LogP contribution < -0.4 is 16.4 Å². The number of hydrogen-bond donors (Lipinski definition) is 5. The molecule has 1 saturated heterocycles. The number of esters is 1. The third kappa shape index (κ3) is 5.33. The molecule has 3 rings (SSSR count). The van der Waals surface area contributed by atoms with Crippen molar-refractivity contribution in [3.05, 3.63) is 29.3 Å². The number of fused-ring (bicyclic) bond motifs is 1. The van der Waals surface area contributed by atoms with Gasteiger partial charge in [-0.05, 0) is 24.0 Å². The van der Waals surface area contributed by atoms with Crippen molar-refractivity contribution in [2.45, 2.75) is 63.5 Å². The number of phenolic OH excluding ortho intramolecular Hbond substituents is 1. The van der Waals surface area contributed by atoms with Crippen LogP contribution in [-0.4, -0.2) is 65.1 Å². The highest BCUT2D eigenvalue weighted by Crippen LogP contribution is 2.30. The number of aliphatic hydroxyl groups is 1. The van der Waals surface area contributed by atoms with Gasteiger partial charge in [0.25, 0.3) is 5.91 Å². The van der Waals surface area contributed by atoms with Crippen LogP contribution in [0.25, 0.3) is 0 Å². The summed E-state index contributed by atoms with van der Waals surface area (Å²) in [5, 5.41) is 26.1. The number of carbonyl (C=O) groups is 3. The molecule has 2 amide bonds. The van der Waals surface area contributed by atoms with Crippen LogP contribution in [0.3, 0.4) is 0 Å². The van der Waals surface area contributed by atoms with Crippen molar-refractivity contribution in [3.63, 3.8) is 0 Å². The van der Waals surface area contributed by atoms with Gasteiger partial charge in [0.1, 0.15) is 23.5 Å². The Labute approximate surface area is 180 Å². The van der Waals surface area contributed by atoms with E-state index in [2.05, 4.69) is 10.6 Å². The van der Waals surface area contributed by atoms with Crippen LogP contribution in [0.5, 0.6) is 5.75 Å². The first-order valence-electron chi connectivity index (χ1n) is 10.3. The number of phenols is 1. The Balaban J connectivity index is 1.75. The summed E-state index contributed by atoms with van der Waals surface area (Å²) in [5.74, 6) is -1.78. The second kappa shape index (κ2) is 9.63. The summed E-state index contributed by atoms with van der Waals surface area (Å²) in [5.41, 5.74) is 5.99. The molecule has 2 aliphatic heterocycles. The van der Waals surface area contributed by atoms with E-state index in [1.54, 1.807) is 12.1 Å². The smallest absolute Gasteiger partial charge is 0.342 e. The predicted molar refractivity (Wildman–Crippen MR) is 109 cm³/mol. The molecule has 0 aromatic heterocycles. The number of rotatable bonds is 7. The lowest BCUT2D eigenvalue weighted by atomic mass is 9.90. The van der Waals surface area contributed by atoms with Gasteiger partial charge in [0.05, 0.1) is 12.8 Å². The maximum atomic E-state index is 12.9. The van der Waals surface area contributed by atoms with E-state index in [1.165, 1.54) is 6.07 Å². The third-order valence-electron chi connectivity index (χ3n) is 5.52. The lowest BCUT2D eigenvalue weighted by Gasteiger charge is -2.37. The van der Waals surface area contributed by atoms with E-state index < -0.39 is 48.2 Å². The fraction of sp³-hybridized carbons (Fsp3) is 0.571. The minimum absolute atomic E-state index is 0.0208. The average molecular weight is 435 g/mol. The molecule has 5 atom stereocenters. The van der Waals surface area contributed by atoms with Gasteiger partial charge in [-0.15, -0.1) is 0 Å². The second-order valence-electron chi connectivity index (χ2n) is 8.41. The number of nitrogens with one attached hydrogen (secondary N) is 2. The summed E-state index contributed by atoms with van der Waals surface area (Å²) in [6, 6.07) is 3.58. The summed E-state index contributed by atoms with van der Waals surface area (Å²) < 4.78 is 10.9. The van der Waals surface area contributed by atoms with Gasteiger partial charge >= 0.3 is 5.97 Å². The molecule has 6 N–H and O–H groups in total. The van der Waals surface area contributed by atoms with E-state index in [-0.39, 0.29) is 30.4 Å². The number of benzene rings is 1. The average Bonchev–Trinajstić information content (AvgIpc) is 2.68. The molecule has 10 heteroatoms. The first kappa shape index (κ1) is 23.0. The highest BCUT2D eigenvalue weighted by atomic mass is 16.5. The van der Waals surface area contributed by atoms with Gasteiger partial charge in [-0.25, -0.2) is 4.79 Å². The van der Waals surface area contributed by atoms with E-state index in [0.29, 0.717) is 18.4 Å². The van der Waals surface area contributed by atoms with Crippen molar-refractivity contribution >= 4 is 17.8 Å². The lowest BCUT2D eigenvalue weighted by molar-refractivity contribution is -0.155. The fourth-order valence-electron chi connectivity index (χ4n) is 4.06. The van der Waals surface area contributed by atoms with E-state index >= 15 is 0 Å². The summed E-state index contributed by atoms with van der Waals surface area (Å²) in [7, 11) is 0. The highest BCUT2D eigenvalue weighted by Gasteiger charge is 2.41. The van der Waals surface area contributed by atoms with Gasteiger partial charge in [-0.2, -0.15) is 0 Å². The van der Waals surface area contributed by atoms with Crippen LogP contribution >= 0.6 is 0 Å². The van der Waals surface area contributed by atoms with Gasteiger partial charge in [0, 0.05) is 18.9 Å². The number of primary amides is 1. The molecule has 31 heavy (non-hydrogen) atoms. The van der Waals surface area contributed by atoms with Crippen LogP contribution in [-0.2, 0) is 25.5 Å². The molecule has 0 radical (unpaired) electrons. The minimum Gasteiger partial charge on any atom is -0.507 e. The van der Waals surface area contributed by atoms with E-state index in [4.69, 9.17) is 15.2 Å². The van der Waals surface area contributed by atoms with Crippen molar-refractivity contribution in [1.82, 2.24) is 10.6 Å².